The van der Waals surface area contributed by atoms with Crippen LogP contribution in [0.3, 0.4) is 0 Å². The molecule has 0 saturated carbocycles. The first-order chi connectivity index (χ1) is 11.3. The van der Waals surface area contributed by atoms with Crippen LogP contribution in [0, 0.1) is 6.92 Å². The molecule has 0 fully saturated rings. The van der Waals surface area contributed by atoms with Crippen LogP contribution in [0.4, 0.5) is 0 Å². The minimum absolute atomic E-state index is 0.756. The minimum Gasteiger partial charge on any atom is -0.385 e. The van der Waals surface area contributed by atoms with E-state index in [1.807, 2.05) is 23.3 Å². The maximum Gasteiger partial charge on any atom is 0.0923 e. The quantitative estimate of drug-likeness (QED) is 0.647. The van der Waals surface area contributed by atoms with Crippen LogP contribution in [0.2, 0.25) is 0 Å². The van der Waals surface area contributed by atoms with Crippen molar-refractivity contribution in [3.8, 4) is 22.4 Å². The van der Waals surface area contributed by atoms with Crippen LogP contribution in [0.25, 0.3) is 22.4 Å². The summed E-state index contributed by atoms with van der Waals surface area (Å²) in [5.41, 5.74) is 5.70. The van der Waals surface area contributed by atoms with Crippen LogP contribution in [-0.4, -0.2) is 28.5 Å². The average Bonchev–Trinajstić information content (AvgIpc) is 3.05. The zero-order valence-electron chi connectivity index (χ0n) is 13.6. The van der Waals surface area contributed by atoms with Crippen molar-refractivity contribution in [3.63, 3.8) is 0 Å². The van der Waals surface area contributed by atoms with E-state index in [0.29, 0.717) is 0 Å². The number of benzene rings is 1. The highest BCUT2D eigenvalue weighted by molar-refractivity contribution is 5.72. The summed E-state index contributed by atoms with van der Waals surface area (Å²) in [6.45, 7) is 3.71. The fourth-order valence-electron chi connectivity index (χ4n) is 2.65. The smallest absolute Gasteiger partial charge is 0.0923 e. The summed E-state index contributed by atoms with van der Waals surface area (Å²) in [5, 5.41) is 4.66. The maximum atomic E-state index is 5.08. The molecule has 2 heterocycles. The van der Waals surface area contributed by atoms with Crippen LogP contribution in [0.5, 0.6) is 0 Å². The Hall–Kier alpha value is -2.46. The van der Waals surface area contributed by atoms with Gasteiger partial charge in [0.2, 0.25) is 0 Å². The number of nitrogens with zero attached hydrogens (tertiary/aromatic N) is 3. The highest BCUT2D eigenvalue weighted by atomic mass is 16.5. The summed E-state index contributed by atoms with van der Waals surface area (Å²) in [5.74, 6) is 0. The van der Waals surface area contributed by atoms with Crippen molar-refractivity contribution in [2.24, 2.45) is 0 Å². The van der Waals surface area contributed by atoms with Gasteiger partial charge in [-0.1, -0.05) is 18.2 Å². The molecule has 2 aromatic heterocycles. The summed E-state index contributed by atoms with van der Waals surface area (Å²) in [7, 11) is 1.72. The Morgan fingerprint density at radius 3 is 2.83 bits per heavy atom. The maximum absolute atomic E-state index is 5.08. The van der Waals surface area contributed by atoms with Crippen molar-refractivity contribution >= 4 is 0 Å². The van der Waals surface area contributed by atoms with Gasteiger partial charge in [0.25, 0.3) is 0 Å². The predicted molar refractivity (Wildman–Crippen MR) is 92.1 cm³/mol. The summed E-state index contributed by atoms with van der Waals surface area (Å²) < 4.78 is 7.06. The zero-order valence-corrected chi connectivity index (χ0v) is 13.6. The lowest BCUT2D eigenvalue weighted by atomic mass is 10.00. The molecule has 4 heteroatoms. The molecule has 0 saturated heterocycles. The molecule has 23 heavy (non-hydrogen) atoms. The third kappa shape index (κ3) is 3.66. The van der Waals surface area contributed by atoms with Crippen LogP contribution >= 0.6 is 0 Å². The van der Waals surface area contributed by atoms with E-state index in [1.54, 1.807) is 7.11 Å². The molecule has 3 aromatic rings. The summed E-state index contributed by atoms with van der Waals surface area (Å²) in [6.07, 6.45) is 6.72. The lowest BCUT2D eigenvalue weighted by Crippen LogP contribution is -2.01. The number of hydrogen-bond donors (Lipinski definition) is 0. The number of ether oxygens (including phenoxy) is 1. The van der Waals surface area contributed by atoms with Crippen molar-refractivity contribution in [2.45, 2.75) is 19.9 Å². The Morgan fingerprint density at radius 1 is 1.13 bits per heavy atom. The third-order valence-corrected chi connectivity index (χ3v) is 3.87. The van der Waals surface area contributed by atoms with E-state index in [9.17, 15) is 0 Å². The molecule has 0 bridgehead atoms. The Balaban J connectivity index is 1.84. The van der Waals surface area contributed by atoms with Crippen LogP contribution in [0.15, 0.2) is 55.0 Å². The number of pyridine rings is 1. The Morgan fingerprint density at radius 2 is 2.00 bits per heavy atom. The molecule has 4 nitrogen and oxygen atoms in total. The van der Waals surface area contributed by atoms with E-state index in [0.717, 1.165) is 30.8 Å². The lowest BCUT2D eigenvalue weighted by molar-refractivity contribution is 0.189. The monoisotopic (exact) mass is 307 g/mol. The predicted octanol–water partition coefficient (Wildman–Crippen LogP) is 3.96. The summed E-state index contributed by atoms with van der Waals surface area (Å²) in [4.78, 5) is 4.16. The molecule has 0 spiro atoms. The SMILES string of the molecule is COCCCn1ccc(-c2cccc(-c3ccncc3C)c2)n1. The largest absolute Gasteiger partial charge is 0.385 e. The van der Waals surface area contributed by atoms with E-state index >= 15 is 0 Å². The standard InChI is InChI=1S/C19H21N3O/c1-15-14-20-9-7-18(15)16-5-3-6-17(13-16)19-8-11-22(21-19)10-4-12-23-2/h3,5-9,11,13-14H,4,10,12H2,1-2H3. The first-order valence-electron chi connectivity index (χ1n) is 7.82. The van der Waals surface area contributed by atoms with Gasteiger partial charge in [0, 0.05) is 44.4 Å². The zero-order chi connectivity index (χ0) is 16.1. The number of aryl methyl sites for hydroxylation is 2. The van der Waals surface area contributed by atoms with Crippen molar-refractivity contribution in [1.82, 2.24) is 14.8 Å². The third-order valence-electron chi connectivity index (χ3n) is 3.87. The Labute approximate surface area is 136 Å². The second-order valence-electron chi connectivity index (χ2n) is 5.58. The number of methoxy groups -OCH3 is 1. The summed E-state index contributed by atoms with van der Waals surface area (Å²) in [6, 6.07) is 12.6. The lowest BCUT2D eigenvalue weighted by Gasteiger charge is -2.07. The van der Waals surface area contributed by atoms with Gasteiger partial charge < -0.3 is 4.74 Å². The number of rotatable bonds is 6. The fourth-order valence-corrected chi connectivity index (χ4v) is 2.65. The average molecular weight is 307 g/mol. The minimum atomic E-state index is 0.756. The first-order valence-corrected chi connectivity index (χ1v) is 7.82. The van der Waals surface area contributed by atoms with Crippen LogP contribution < -0.4 is 0 Å². The van der Waals surface area contributed by atoms with Crippen LogP contribution in [-0.2, 0) is 11.3 Å². The van der Waals surface area contributed by atoms with Gasteiger partial charge in [-0.2, -0.15) is 5.10 Å². The number of hydrogen-bond acceptors (Lipinski definition) is 3. The fraction of sp³-hybridized carbons (Fsp3) is 0.263. The van der Waals surface area contributed by atoms with E-state index < -0.39 is 0 Å². The van der Waals surface area contributed by atoms with Gasteiger partial charge in [0.05, 0.1) is 5.69 Å². The highest BCUT2D eigenvalue weighted by Gasteiger charge is 2.06. The normalized spacial score (nSPS) is 10.9. The molecule has 0 amide bonds. The molecule has 0 aliphatic heterocycles. The van der Waals surface area contributed by atoms with Gasteiger partial charge in [-0.25, -0.2) is 0 Å². The van der Waals surface area contributed by atoms with Crippen molar-refractivity contribution < 1.29 is 4.74 Å². The molecule has 0 aliphatic rings. The molecule has 0 N–H and O–H groups in total. The van der Waals surface area contributed by atoms with Crippen molar-refractivity contribution in [3.05, 3.63) is 60.6 Å². The highest BCUT2D eigenvalue weighted by Crippen LogP contribution is 2.27. The molecule has 0 radical (unpaired) electrons. The molecule has 0 unspecified atom stereocenters. The van der Waals surface area contributed by atoms with Crippen molar-refractivity contribution in [1.29, 1.82) is 0 Å². The van der Waals surface area contributed by atoms with Gasteiger partial charge >= 0.3 is 0 Å². The molecule has 3 rings (SSSR count). The van der Waals surface area contributed by atoms with Gasteiger partial charge in [-0.05, 0) is 48.2 Å². The molecule has 1 aromatic carbocycles. The van der Waals surface area contributed by atoms with E-state index in [2.05, 4.69) is 53.4 Å². The van der Waals surface area contributed by atoms with Gasteiger partial charge in [0.1, 0.15) is 0 Å². The molecule has 0 atom stereocenters. The molecular weight excluding hydrogens is 286 g/mol. The van der Waals surface area contributed by atoms with E-state index in [-0.39, 0.29) is 0 Å². The summed E-state index contributed by atoms with van der Waals surface area (Å²) >= 11 is 0. The molecule has 118 valence electrons. The first kappa shape index (κ1) is 15.4. The topological polar surface area (TPSA) is 39.9 Å². The second kappa shape index (κ2) is 7.20. The molecule has 0 aliphatic carbocycles. The Kier molecular flexibility index (Phi) is 4.83. The van der Waals surface area contributed by atoms with E-state index in [1.165, 1.54) is 16.7 Å². The van der Waals surface area contributed by atoms with Gasteiger partial charge in [-0.15, -0.1) is 0 Å². The van der Waals surface area contributed by atoms with Crippen molar-refractivity contribution in [2.75, 3.05) is 13.7 Å². The van der Waals surface area contributed by atoms with Gasteiger partial charge in [0.15, 0.2) is 0 Å². The number of aromatic nitrogens is 3. The van der Waals surface area contributed by atoms with E-state index in [4.69, 9.17) is 4.74 Å². The molecular formula is C19H21N3O. The second-order valence-corrected chi connectivity index (χ2v) is 5.58. The Bertz CT molecular complexity index is 780. The van der Waals surface area contributed by atoms with Crippen LogP contribution in [0.1, 0.15) is 12.0 Å². The van der Waals surface area contributed by atoms with Gasteiger partial charge in [-0.3, -0.25) is 9.67 Å².